The van der Waals surface area contributed by atoms with Crippen LogP contribution in [0.1, 0.15) is 31.2 Å². The van der Waals surface area contributed by atoms with Crippen LogP contribution in [0.2, 0.25) is 0 Å². The Hall–Kier alpha value is -1.59. The smallest absolute Gasteiger partial charge is 0.329 e. The van der Waals surface area contributed by atoms with Gasteiger partial charge >= 0.3 is 5.97 Å². The summed E-state index contributed by atoms with van der Waals surface area (Å²) in [6.07, 6.45) is 3.00. The number of carbonyl (C=O) groups excluding carboxylic acids is 1. The molecule has 0 bridgehead atoms. The fourth-order valence-corrected chi connectivity index (χ4v) is 2.66. The third-order valence-corrected chi connectivity index (χ3v) is 3.86. The van der Waals surface area contributed by atoms with E-state index in [0.717, 1.165) is 18.4 Å². The average Bonchev–Trinajstić information content (AvgIpc) is 2.89. The van der Waals surface area contributed by atoms with Crippen LogP contribution in [0.4, 0.5) is 0 Å². The predicted molar refractivity (Wildman–Crippen MR) is 82.3 cm³/mol. The van der Waals surface area contributed by atoms with Crippen molar-refractivity contribution in [3.63, 3.8) is 0 Å². The fraction of sp³-hybridized carbons (Fsp3) is 0.467. The van der Waals surface area contributed by atoms with Gasteiger partial charge in [0, 0.05) is 0 Å². The van der Waals surface area contributed by atoms with E-state index in [9.17, 15) is 14.7 Å². The Balaban J connectivity index is 0.00000220. The summed E-state index contributed by atoms with van der Waals surface area (Å²) in [7, 11) is 0. The molecule has 1 saturated carbocycles. The second kappa shape index (κ2) is 7.43. The SMILES string of the molecule is Cl.NC(Cc1ccccc1)C(=O)NC1(C(=O)O)CCCC1. The molecular formula is C15H21ClN2O3. The third kappa shape index (κ3) is 4.19. The number of carboxylic acids is 1. The van der Waals surface area contributed by atoms with E-state index < -0.39 is 23.5 Å². The molecule has 0 spiro atoms. The number of halogens is 1. The van der Waals surface area contributed by atoms with Crippen molar-refractivity contribution < 1.29 is 14.7 Å². The minimum absolute atomic E-state index is 0. The highest BCUT2D eigenvalue weighted by atomic mass is 35.5. The number of hydrogen-bond acceptors (Lipinski definition) is 3. The lowest BCUT2D eigenvalue weighted by Gasteiger charge is -2.27. The number of benzene rings is 1. The van der Waals surface area contributed by atoms with Gasteiger partial charge in [-0.2, -0.15) is 0 Å². The van der Waals surface area contributed by atoms with Gasteiger partial charge in [-0.05, 0) is 24.8 Å². The molecule has 1 amide bonds. The predicted octanol–water partition coefficient (Wildman–Crippen LogP) is 1.49. The molecule has 1 aromatic carbocycles. The minimum atomic E-state index is -1.12. The van der Waals surface area contributed by atoms with Gasteiger partial charge in [-0.25, -0.2) is 4.79 Å². The van der Waals surface area contributed by atoms with Crippen molar-refractivity contribution in [1.82, 2.24) is 5.32 Å². The van der Waals surface area contributed by atoms with Crippen molar-refractivity contribution >= 4 is 24.3 Å². The molecule has 21 heavy (non-hydrogen) atoms. The molecule has 0 saturated heterocycles. The first-order chi connectivity index (χ1) is 9.53. The topological polar surface area (TPSA) is 92.4 Å². The van der Waals surface area contributed by atoms with Crippen LogP contribution < -0.4 is 11.1 Å². The highest BCUT2D eigenvalue weighted by Crippen LogP contribution is 2.30. The first-order valence-corrected chi connectivity index (χ1v) is 6.88. The van der Waals surface area contributed by atoms with Crippen LogP contribution in [0.5, 0.6) is 0 Å². The van der Waals surface area contributed by atoms with E-state index in [0.29, 0.717) is 19.3 Å². The normalized spacial score (nSPS) is 17.6. The van der Waals surface area contributed by atoms with Crippen molar-refractivity contribution in [1.29, 1.82) is 0 Å². The molecule has 4 N–H and O–H groups in total. The van der Waals surface area contributed by atoms with Crippen LogP contribution in [-0.4, -0.2) is 28.6 Å². The van der Waals surface area contributed by atoms with Gasteiger partial charge in [0.05, 0.1) is 6.04 Å². The van der Waals surface area contributed by atoms with E-state index in [1.54, 1.807) is 0 Å². The lowest BCUT2D eigenvalue weighted by atomic mass is 9.96. The number of carbonyl (C=O) groups is 2. The summed E-state index contributed by atoms with van der Waals surface area (Å²) in [4.78, 5) is 23.5. The molecule has 2 rings (SSSR count). The number of hydrogen-bond donors (Lipinski definition) is 3. The van der Waals surface area contributed by atoms with E-state index in [-0.39, 0.29) is 12.4 Å². The largest absolute Gasteiger partial charge is 0.480 e. The second-order valence-corrected chi connectivity index (χ2v) is 5.38. The monoisotopic (exact) mass is 312 g/mol. The summed E-state index contributed by atoms with van der Waals surface area (Å²) < 4.78 is 0. The number of nitrogens with two attached hydrogens (primary N) is 1. The quantitative estimate of drug-likeness (QED) is 0.768. The number of amides is 1. The average molecular weight is 313 g/mol. The summed E-state index contributed by atoms with van der Waals surface area (Å²) >= 11 is 0. The Bertz CT molecular complexity index is 487. The molecule has 1 aliphatic rings. The molecule has 0 aromatic heterocycles. The van der Waals surface area contributed by atoms with Gasteiger partial charge in [-0.3, -0.25) is 4.79 Å². The van der Waals surface area contributed by atoms with Crippen LogP contribution in [0.15, 0.2) is 30.3 Å². The summed E-state index contributed by atoms with van der Waals surface area (Å²) in [5, 5.41) is 12.0. The number of nitrogens with one attached hydrogen (secondary N) is 1. The Morgan fingerprint density at radius 3 is 2.33 bits per heavy atom. The number of rotatable bonds is 5. The molecule has 1 fully saturated rings. The number of aliphatic carboxylic acids is 1. The van der Waals surface area contributed by atoms with E-state index in [1.807, 2.05) is 30.3 Å². The Kier molecular flexibility index (Phi) is 6.18. The summed E-state index contributed by atoms with van der Waals surface area (Å²) in [5.74, 6) is -1.35. The van der Waals surface area contributed by atoms with Crippen molar-refractivity contribution in [3.05, 3.63) is 35.9 Å². The van der Waals surface area contributed by atoms with Crippen LogP contribution >= 0.6 is 12.4 Å². The first kappa shape index (κ1) is 17.5. The maximum atomic E-state index is 12.1. The van der Waals surface area contributed by atoms with Crippen molar-refractivity contribution in [2.45, 2.75) is 43.7 Å². The summed E-state index contributed by atoms with van der Waals surface area (Å²) in [6, 6.07) is 8.73. The minimum Gasteiger partial charge on any atom is -0.480 e. The molecule has 0 aliphatic heterocycles. The van der Waals surface area contributed by atoms with Gasteiger partial charge in [0.25, 0.3) is 0 Å². The van der Waals surface area contributed by atoms with Gasteiger partial charge in [0.1, 0.15) is 5.54 Å². The van der Waals surface area contributed by atoms with Crippen molar-refractivity contribution in [3.8, 4) is 0 Å². The van der Waals surface area contributed by atoms with Crippen LogP contribution in [0, 0.1) is 0 Å². The zero-order valence-electron chi connectivity index (χ0n) is 11.7. The van der Waals surface area contributed by atoms with E-state index in [4.69, 9.17) is 5.73 Å². The van der Waals surface area contributed by atoms with E-state index in [2.05, 4.69) is 5.32 Å². The van der Waals surface area contributed by atoms with Crippen molar-refractivity contribution in [2.75, 3.05) is 0 Å². The standard InChI is InChI=1S/C15H20N2O3.ClH/c16-12(10-11-6-2-1-3-7-11)13(18)17-15(14(19)20)8-4-5-9-15;/h1-3,6-7,12H,4-5,8-10,16H2,(H,17,18)(H,19,20);1H. The molecule has 0 radical (unpaired) electrons. The molecule has 6 heteroatoms. The lowest BCUT2D eigenvalue weighted by Crippen LogP contribution is -2.57. The number of carboxylic acid groups (broad SMARTS) is 1. The van der Waals surface area contributed by atoms with Gasteiger partial charge in [0.15, 0.2) is 0 Å². The Morgan fingerprint density at radius 2 is 1.81 bits per heavy atom. The van der Waals surface area contributed by atoms with Gasteiger partial charge in [-0.15, -0.1) is 12.4 Å². The zero-order valence-corrected chi connectivity index (χ0v) is 12.6. The van der Waals surface area contributed by atoms with Gasteiger partial charge < -0.3 is 16.2 Å². The molecule has 1 aliphatic carbocycles. The third-order valence-electron chi connectivity index (χ3n) is 3.86. The van der Waals surface area contributed by atoms with Gasteiger partial charge in [-0.1, -0.05) is 43.2 Å². The van der Waals surface area contributed by atoms with Crippen LogP contribution in [-0.2, 0) is 16.0 Å². The van der Waals surface area contributed by atoms with Gasteiger partial charge in [0.2, 0.25) is 5.91 Å². The second-order valence-electron chi connectivity index (χ2n) is 5.38. The van der Waals surface area contributed by atoms with E-state index >= 15 is 0 Å². The molecule has 1 atom stereocenters. The maximum absolute atomic E-state index is 12.1. The summed E-state index contributed by atoms with van der Waals surface area (Å²) in [5.41, 5.74) is 5.73. The Morgan fingerprint density at radius 1 is 1.24 bits per heavy atom. The highest BCUT2D eigenvalue weighted by molar-refractivity contribution is 5.89. The molecule has 1 unspecified atom stereocenters. The highest BCUT2D eigenvalue weighted by Gasteiger charge is 2.43. The molecule has 1 aromatic rings. The van der Waals surface area contributed by atoms with Crippen molar-refractivity contribution in [2.24, 2.45) is 5.73 Å². The van der Waals surface area contributed by atoms with E-state index in [1.165, 1.54) is 0 Å². The lowest BCUT2D eigenvalue weighted by molar-refractivity contribution is -0.147. The van der Waals surface area contributed by atoms with Crippen LogP contribution in [0.25, 0.3) is 0 Å². The molecular weight excluding hydrogens is 292 g/mol. The first-order valence-electron chi connectivity index (χ1n) is 6.88. The molecule has 116 valence electrons. The fourth-order valence-electron chi connectivity index (χ4n) is 2.66. The molecule has 5 nitrogen and oxygen atoms in total. The Labute approximate surface area is 130 Å². The summed E-state index contributed by atoms with van der Waals surface area (Å²) in [6.45, 7) is 0. The van der Waals surface area contributed by atoms with Crippen LogP contribution in [0.3, 0.4) is 0 Å². The zero-order chi connectivity index (χ0) is 14.6. The maximum Gasteiger partial charge on any atom is 0.329 e. The molecule has 0 heterocycles.